The minimum absolute atomic E-state index is 0.0405. The van der Waals surface area contributed by atoms with Crippen molar-refractivity contribution in [1.82, 2.24) is 10.2 Å². The molecule has 0 spiro atoms. The first-order chi connectivity index (χ1) is 18.1. The van der Waals surface area contributed by atoms with Gasteiger partial charge in [-0.25, -0.2) is 4.39 Å². The van der Waals surface area contributed by atoms with E-state index in [2.05, 4.69) is 5.32 Å². The number of carbonyl (C=O) groups is 3. The Hall–Kier alpha value is -3.94. The second-order valence-corrected chi connectivity index (χ2v) is 9.69. The van der Waals surface area contributed by atoms with Crippen LogP contribution in [0, 0.1) is 23.1 Å². The molecule has 1 N–H and O–H groups in total. The number of rotatable bonds is 9. The van der Waals surface area contributed by atoms with E-state index >= 15 is 0 Å². The number of amides is 3. The first-order valence-electron chi connectivity index (χ1n) is 12.3. The third kappa shape index (κ3) is 6.13. The van der Waals surface area contributed by atoms with Crippen LogP contribution in [0.5, 0.6) is 0 Å². The first-order valence-corrected chi connectivity index (χ1v) is 12.3. The molecular weight excluding hydrogens is 504 g/mol. The van der Waals surface area contributed by atoms with Crippen molar-refractivity contribution in [2.45, 2.75) is 56.9 Å². The van der Waals surface area contributed by atoms with Gasteiger partial charge in [-0.1, -0.05) is 12.1 Å². The number of nitriles is 1. The van der Waals surface area contributed by atoms with Crippen LogP contribution in [0.3, 0.4) is 0 Å². The van der Waals surface area contributed by atoms with Crippen LogP contribution in [0.2, 0.25) is 0 Å². The van der Waals surface area contributed by atoms with Crippen molar-refractivity contribution in [1.29, 1.82) is 5.26 Å². The smallest absolute Gasteiger partial charge is 0.353 e. The van der Waals surface area contributed by atoms with Crippen LogP contribution in [0.15, 0.2) is 42.5 Å². The summed E-state index contributed by atoms with van der Waals surface area (Å²) in [6.07, 6.45) is -0.510. The summed E-state index contributed by atoms with van der Waals surface area (Å²) in [6, 6.07) is 9.49. The van der Waals surface area contributed by atoms with Crippen LogP contribution in [-0.2, 0) is 27.1 Å². The maximum Gasteiger partial charge on any atom is 0.416 e. The fourth-order valence-corrected chi connectivity index (χ4v) is 4.57. The first kappa shape index (κ1) is 27.1. The van der Waals surface area contributed by atoms with Gasteiger partial charge in [0.25, 0.3) is 0 Å². The number of anilines is 1. The average Bonchev–Trinajstić information content (AvgIpc) is 2.83. The molecule has 2 saturated carbocycles. The van der Waals surface area contributed by atoms with Gasteiger partial charge in [0.2, 0.25) is 18.2 Å². The third-order valence-electron chi connectivity index (χ3n) is 7.15. The maximum absolute atomic E-state index is 14.5. The van der Waals surface area contributed by atoms with Crippen LogP contribution in [0.4, 0.5) is 23.2 Å². The molecule has 2 aromatic carbocycles. The Labute approximate surface area is 217 Å². The van der Waals surface area contributed by atoms with E-state index in [1.54, 1.807) is 6.07 Å². The van der Waals surface area contributed by atoms with Gasteiger partial charge in [0.1, 0.15) is 12.4 Å². The molecule has 3 amide bonds. The van der Waals surface area contributed by atoms with Crippen molar-refractivity contribution < 1.29 is 31.9 Å². The molecule has 2 aliphatic rings. The van der Waals surface area contributed by atoms with Crippen molar-refractivity contribution in [2.24, 2.45) is 5.92 Å². The SMILES string of the molecule is N#Cc1ccc(N(C=O)CC(=O)N(Cc2ccc(C(F)(F)F)cc2)C2CC(C(=O)NC3CCC3)C2)c(F)c1. The number of carbonyl (C=O) groups excluding carboxylic acids is 3. The van der Waals surface area contributed by atoms with Crippen LogP contribution < -0.4 is 10.2 Å². The Morgan fingerprint density at radius 1 is 1.11 bits per heavy atom. The summed E-state index contributed by atoms with van der Waals surface area (Å²) in [5.41, 5.74) is -0.518. The molecule has 0 aromatic heterocycles. The highest BCUT2D eigenvalue weighted by molar-refractivity contribution is 5.89. The van der Waals surface area contributed by atoms with E-state index in [1.807, 2.05) is 0 Å². The minimum Gasteiger partial charge on any atom is -0.353 e. The van der Waals surface area contributed by atoms with Gasteiger partial charge < -0.3 is 15.1 Å². The normalized spacial score (nSPS) is 18.9. The summed E-state index contributed by atoms with van der Waals surface area (Å²) in [5.74, 6) is -1.78. The van der Waals surface area contributed by atoms with E-state index in [0.717, 1.165) is 42.4 Å². The highest BCUT2D eigenvalue weighted by Gasteiger charge is 2.41. The zero-order chi connectivity index (χ0) is 27.4. The number of nitrogens with one attached hydrogen (secondary N) is 1. The predicted molar refractivity (Wildman–Crippen MR) is 129 cm³/mol. The molecule has 0 saturated heterocycles. The van der Waals surface area contributed by atoms with Crippen molar-refractivity contribution >= 4 is 23.9 Å². The summed E-state index contributed by atoms with van der Waals surface area (Å²) in [7, 11) is 0. The zero-order valence-corrected chi connectivity index (χ0v) is 20.4. The lowest BCUT2D eigenvalue weighted by atomic mass is 9.77. The van der Waals surface area contributed by atoms with Gasteiger partial charge in [0.05, 0.1) is 22.9 Å². The van der Waals surface area contributed by atoms with Crippen LogP contribution in [0.25, 0.3) is 0 Å². The van der Waals surface area contributed by atoms with Gasteiger partial charge in [-0.05, 0) is 68.0 Å². The Bertz CT molecular complexity index is 1230. The van der Waals surface area contributed by atoms with Gasteiger partial charge >= 0.3 is 6.18 Å². The van der Waals surface area contributed by atoms with E-state index in [4.69, 9.17) is 5.26 Å². The minimum atomic E-state index is -4.50. The summed E-state index contributed by atoms with van der Waals surface area (Å²) in [5, 5.41) is 11.9. The summed E-state index contributed by atoms with van der Waals surface area (Å²) in [4.78, 5) is 39.9. The lowest BCUT2D eigenvalue weighted by molar-refractivity contribution is -0.141. The molecule has 2 aliphatic carbocycles. The molecule has 7 nitrogen and oxygen atoms in total. The summed E-state index contributed by atoms with van der Waals surface area (Å²) >= 11 is 0. The summed E-state index contributed by atoms with van der Waals surface area (Å²) in [6.45, 7) is -0.566. The molecule has 0 radical (unpaired) electrons. The molecule has 38 heavy (non-hydrogen) atoms. The fourth-order valence-electron chi connectivity index (χ4n) is 4.57. The Balaban J connectivity index is 1.49. The molecule has 0 unspecified atom stereocenters. The van der Waals surface area contributed by atoms with Gasteiger partial charge in [-0.15, -0.1) is 0 Å². The molecule has 2 fully saturated rings. The largest absolute Gasteiger partial charge is 0.416 e. The van der Waals surface area contributed by atoms with E-state index in [9.17, 15) is 31.9 Å². The van der Waals surface area contributed by atoms with Crippen LogP contribution >= 0.6 is 0 Å². The lowest BCUT2D eigenvalue weighted by Crippen LogP contribution is -2.54. The number of hydrogen-bond acceptors (Lipinski definition) is 4. The zero-order valence-electron chi connectivity index (χ0n) is 20.4. The van der Waals surface area contributed by atoms with E-state index < -0.39 is 30.0 Å². The topological polar surface area (TPSA) is 93.5 Å². The van der Waals surface area contributed by atoms with E-state index in [1.165, 1.54) is 29.2 Å². The second kappa shape index (κ2) is 11.2. The van der Waals surface area contributed by atoms with Crippen molar-refractivity contribution in [2.75, 3.05) is 11.4 Å². The highest BCUT2D eigenvalue weighted by atomic mass is 19.4. The monoisotopic (exact) mass is 530 g/mol. The van der Waals surface area contributed by atoms with Crippen molar-refractivity contribution in [3.05, 3.63) is 65.0 Å². The van der Waals surface area contributed by atoms with Crippen LogP contribution in [-0.4, -0.2) is 41.8 Å². The fraction of sp³-hybridized carbons (Fsp3) is 0.407. The molecule has 11 heteroatoms. The highest BCUT2D eigenvalue weighted by Crippen LogP contribution is 2.35. The molecular formula is C27H26F4N4O3. The standard InChI is InChI=1S/C27H26F4N4O3/c28-23-10-18(13-32)6-9-24(23)34(16-36)15-25(37)35(14-17-4-7-20(8-5-17)27(29,30)31)22-11-19(12-22)26(38)33-21-2-1-3-21/h4-10,16,19,21-22H,1-3,11-12,14-15H2,(H,33,38). The average molecular weight is 531 g/mol. The molecule has 0 aliphatic heterocycles. The molecule has 4 rings (SSSR count). The number of alkyl halides is 3. The van der Waals surface area contributed by atoms with E-state index in [0.29, 0.717) is 24.8 Å². The van der Waals surface area contributed by atoms with Gasteiger partial charge in [0, 0.05) is 24.5 Å². The maximum atomic E-state index is 14.5. The Kier molecular flexibility index (Phi) is 7.99. The van der Waals surface area contributed by atoms with Gasteiger partial charge in [-0.2, -0.15) is 18.4 Å². The van der Waals surface area contributed by atoms with E-state index in [-0.39, 0.29) is 41.7 Å². The quantitative estimate of drug-likeness (QED) is 0.389. The number of nitrogens with zero attached hydrogens (tertiary/aromatic N) is 3. The van der Waals surface area contributed by atoms with Gasteiger partial charge in [-0.3, -0.25) is 14.4 Å². The molecule has 2 aromatic rings. The number of hydrogen-bond donors (Lipinski definition) is 1. The molecule has 0 atom stereocenters. The molecule has 0 heterocycles. The van der Waals surface area contributed by atoms with Crippen molar-refractivity contribution in [3.8, 4) is 6.07 Å². The number of benzene rings is 2. The second-order valence-electron chi connectivity index (χ2n) is 9.69. The van der Waals surface area contributed by atoms with Crippen molar-refractivity contribution in [3.63, 3.8) is 0 Å². The summed E-state index contributed by atoms with van der Waals surface area (Å²) < 4.78 is 53.4. The third-order valence-corrected chi connectivity index (χ3v) is 7.15. The van der Waals surface area contributed by atoms with Gasteiger partial charge in [0.15, 0.2) is 0 Å². The van der Waals surface area contributed by atoms with Crippen LogP contribution in [0.1, 0.15) is 48.8 Å². The molecule has 200 valence electrons. The number of halogens is 4. The lowest BCUT2D eigenvalue weighted by Gasteiger charge is -2.43. The Morgan fingerprint density at radius 3 is 2.32 bits per heavy atom. The Morgan fingerprint density at radius 2 is 1.79 bits per heavy atom. The molecule has 0 bridgehead atoms. The predicted octanol–water partition coefficient (Wildman–Crippen LogP) is 4.16.